The van der Waals surface area contributed by atoms with Crippen LogP contribution in [0.3, 0.4) is 0 Å². The Morgan fingerprint density at radius 3 is 2.72 bits per heavy atom. The number of nitrogens with one attached hydrogen (secondary N) is 2. The molecule has 3 heterocycles. The van der Waals surface area contributed by atoms with Crippen molar-refractivity contribution in [3.63, 3.8) is 0 Å². The smallest absolute Gasteiger partial charge is 0.236 e. The number of aromatic nitrogens is 3. The highest BCUT2D eigenvalue weighted by Gasteiger charge is 2.35. The van der Waals surface area contributed by atoms with E-state index in [1.165, 1.54) is 23.1 Å². The molecule has 0 saturated carbocycles. The van der Waals surface area contributed by atoms with Crippen LogP contribution in [0.4, 0.5) is 16.6 Å². The molecule has 32 heavy (non-hydrogen) atoms. The Morgan fingerprint density at radius 1 is 1.22 bits per heavy atom. The van der Waals surface area contributed by atoms with E-state index in [1.807, 2.05) is 31.2 Å². The first-order chi connectivity index (χ1) is 15.4. The van der Waals surface area contributed by atoms with Crippen LogP contribution in [0, 0.1) is 19.8 Å². The van der Waals surface area contributed by atoms with E-state index in [0.29, 0.717) is 27.6 Å². The summed E-state index contributed by atoms with van der Waals surface area (Å²) < 4.78 is 5.44. The maximum Gasteiger partial charge on any atom is 0.236 e. The van der Waals surface area contributed by atoms with Crippen LogP contribution in [0.25, 0.3) is 0 Å². The van der Waals surface area contributed by atoms with Crippen molar-refractivity contribution in [1.29, 1.82) is 0 Å². The number of rotatable bonds is 7. The fourth-order valence-corrected chi connectivity index (χ4v) is 4.67. The molecule has 3 amide bonds. The molecule has 0 unspecified atom stereocenters. The largest absolute Gasteiger partial charge is 0.360 e. The number of benzene rings is 1. The summed E-state index contributed by atoms with van der Waals surface area (Å²) >= 11 is 2.36. The van der Waals surface area contributed by atoms with Gasteiger partial charge in [-0.1, -0.05) is 46.0 Å². The third kappa shape index (κ3) is 5.32. The fourth-order valence-electron chi connectivity index (χ4n) is 3.12. The molecule has 1 atom stereocenters. The summed E-state index contributed by atoms with van der Waals surface area (Å²) in [6.45, 7) is 4.02. The Bertz CT molecular complexity index is 1140. The van der Waals surface area contributed by atoms with E-state index in [4.69, 9.17) is 4.52 Å². The molecule has 10 nitrogen and oxygen atoms in total. The summed E-state index contributed by atoms with van der Waals surface area (Å²) in [7, 11) is 0. The monoisotopic (exact) mass is 472 g/mol. The second-order valence-corrected chi connectivity index (χ2v) is 9.46. The van der Waals surface area contributed by atoms with Crippen molar-refractivity contribution in [3.05, 3.63) is 41.7 Å². The molecule has 1 saturated heterocycles. The Kier molecular flexibility index (Phi) is 6.51. The Morgan fingerprint density at radius 2 is 2.00 bits per heavy atom. The van der Waals surface area contributed by atoms with E-state index in [1.54, 1.807) is 17.9 Å². The number of hydrogen-bond donors (Lipinski definition) is 2. The third-order valence-corrected chi connectivity index (χ3v) is 6.67. The van der Waals surface area contributed by atoms with Crippen molar-refractivity contribution < 1.29 is 18.9 Å². The van der Waals surface area contributed by atoms with Crippen LogP contribution >= 0.6 is 23.1 Å². The van der Waals surface area contributed by atoms with Gasteiger partial charge in [0.1, 0.15) is 5.76 Å². The minimum atomic E-state index is -0.472. The lowest BCUT2D eigenvalue weighted by Crippen LogP contribution is -2.28. The second kappa shape index (κ2) is 9.49. The van der Waals surface area contributed by atoms with Gasteiger partial charge in [-0.25, -0.2) is 0 Å². The van der Waals surface area contributed by atoms with E-state index < -0.39 is 5.92 Å². The molecule has 3 aromatic rings. The number of carbonyl (C=O) groups is 3. The number of carbonyl (C=O) groups excluding carboxylic acids is 3. The molecule has 2 N–H and O–H groups in total. The minimum Gasteiger partial charge on any atom is -0.360 e. The average molecular weight is 473 g/mol. The third-order valence-electron chi connectivity index (χ3n) is 4.70. The molecule has 1 aromatic carbocycles. The number of thioether (sulfide) groups is 1. The normalized spacial score (nSPS) is 15.8. The van der Waals surface area contributed by atoms with E-state index in [2.05, 4.69) is 26.0 Å². The molecule has 166 valence electrons. The van der Waals surface area contributed by atoms with Gasteiger partial charge in [-0.05, 0) is 26.0 Å². The first-order valence-corrected chi connectivity index (χ1v) is 11.5. The molecule has 0 aliphatic carbocycles. The van der Waals surface area contributed by atoms with E-state index >= 15 is 0 Å². The van der Waals surface area contributed by atoms with Crippen LogP contribution in [0.1, 0.15) is 17.7 Å². The average Bonchev–Trinajstić information content (AvgIpc) is 3.48. The summed E-state index contributed by atoms with van der Waals surface area (Å²) in [6, 6.07) is 9.24. The van der Waals surface area contributed by atoms with Gasteiger partial charge in [-0.15, -0.1) is 10.2 Å². The molecule has 0 radical (unpaired) electrons. The van der Waals surface area contributed by atoms with Crippen molar-refractivity contribution in [3.8, 4) is 0 Å². The maximum atomic E-state index is 12.6. The maximum absolute atomic E-state index is 12.6. The molecule has 12 heteroatoms. The molecule has 1 fully saturated rings. The summed E-state index contributed by atoms with van der Waals surface area (Å²) in [4.78, 5) is 38.6. The zero-order valence-corrected chi connectivity index (χ0v) is 19.0. The molecule has 1 aliphatic heterocycles. The van der Waals surface area contributed by atoms with E-state index in [-0.39, 0.29) is 29.9 Å². The van der Waals surface area contributed by atoms with Gasteiger partial charge in [-0.3, -0.25) is 14.4 Å². The second-order valence-electron chi connectivity index (χ2n) is 7.26. The van der Waals surface area contributed by atoms with Gasteiger partial charge < -0.3 is 20.1 Å². The van der Waals surface area contributed by atoms with Gasteiger partial charge in [0, 0.05) is 24.7 Å². The van der Waals surface area contributed by atoms with Crippen molar-refractivity contribution in [2.45, 2.75) is 24.6 Å². The lowest BCUT2D eigenvalue weighted by molar-refractivity contribution is -0.122. The van der Waals surface area contributed by atoms with Gasteiger partial charge in [0.2, 0.25) is 22.9 Å². The number of aryl methyl sites for hydroxylation is 2. The quantitative estimate of drug-likeness (QED) is 0.397. The molecular weight excluding hydrogens is 452 g/mol. The van der Waals surface area contributed by atoms with Crippen molar-refractivity contribution in [1.82, 2.24) is 15.4 Å². The lowest BCUT2D eigenvalue weighted by Gasteiger charge is -2.16. The Balaban J connectivity index is 1.27. The summed E-state index contributed by atoms with van der Waals surface area (Å²) in [5.74, 6) is -0.0367. The Labute approximate surface area is 191 Å². The zero-order chi connectivity index (χ0) is 22.7. The number of nitrogens with zero attached hydrogens (tertiary/aromatic N) is 4. The van der Waals surface area contributed by atoms with Crippen LogP contribution in [-0.2, 0) is 14.4 Å². The lowest BCUT2D eigenvalue weighted by atomic mass is 10.1. The van der Waals surface area contributed by atoms with Crippen LogP contribution in [-0.4, -0.2) is 45.4 Å². The van der Waals surface area contributed by atoms with Crippen LogP contribution in [0.2, 0.25) is 0 Å². The molecule has 0 spiro atoms. The molecule has 4 rings (SSSR count). The highest BCUT2D eigenvalue weighted by molar-refractivity contribution is 8.01. The zero-order valence-electron chi connectivity index (χ0n) is 17.3. The SMILES string of the molecule is Cc1ccc(N2C[C@@H](C(=O)Nc3nnc(SCC(=O)Nc4cc(C)on4)s3)CC2=O)cc1. The van der Waals surface area contributed by atoms with E-state index in [9.17, 15) is 14.4 Å². The summed E-state index contributed by atoms with van der Waals surface area (Å²) in [5.41, 5.74) is 1.88. The van der Waals surface area contributed by atoms with Crippen LogP contribution in [0.5, 0.6) is 0 Å². The first-order valence-electron chi connectivity index (χ1n) is 9.75. The predicted octanol–water partition coefficient (Wildman–Crippen LogP) is 2.87. The van der Waals surface area contributed by atoms with Crippen molar-refractivity contribution in [2.75, 3.05) is 27.8 Å². The standard InChI is InChI=1S/C20H20N6O4S2/c1-11-3-5-14(6-4-11)26-9-13(8-17(26)28)18(29)22-19-23-24-20(32-19)31-10-16(27)21-15-7-12(2)30-25-15/h3-7,13H,8-10H2,1-2H3,(H,21,25,27)(H,22,23,29)/t13-/m0/s1. The first kappa shape index (κ1) is 22.0. The molecular formula is C20H20N6O4S2. The highest BCUT2D eigenvalue weighted by atomic mass is 32.2. The van der Waals surface area contributed by atoms with Crippen LogP contribution in [0.15, 0.2) is 39.2 Å². The van der Waals surface area contributed by atoms with Crippen molar-refractivity contribution in [2.24, 2.45) is 5.92 Å². The minimum absolute atomic E-state index is 0.0872. The number of anilines is 3. The number of hydrogen-bond acceptors (Lipinski definition) is 9. The molecule has 2 aromatic heterocycles. The highest BCUT2D eigenvalue weighted by Crippen LogP contribution is 2.29. The Hall–Kier alpha value is -3.25. The van der Waals surface area contributed by atoms with Gasteiger partial charge >= 0.3 is 0 Å². The predicted molar refractivity (Wildman–Crippen MR) is 121 cm³/mol. The number of amides is 3. The topological polar surface area (TPSA) is 130 Å². The van der Waals surface area contributed by atoms with Gasteiger partial charge in [0.05, 0.1) is 11.7 Å². The summed E-state index contributed by atoms with van der Waals surface area (Å²) in [6.07, 6.45) is 0.141. The van der Waals surface area contributed by atoms with Gasteiger partial charge in [0.15, 0.2) is 10.2 Å². The van der Waals surface area contributed by atoms with Crippen LogP contribution < -0.4 is 15.5 Å². The molecule has 0 bridgehead atoms. The fraction of sp³-hybridized carbons (Fsp3) is 0.300. The van der Waals surface area contributed by atoms with Gasteiger partial charge in [-0.2, -0.15) is 0 Å². The van der Waals surface area contributed by atoms with E-state index in [0.717, 1.165) is 11.3 Å². The van der Waals surface area contributed by atoms with Gasteiger partial charge in [0.25, 0.3) is 0 Å². The molecule has 1 aliphatic rings. The van der Waals surface area contributed by atoms with Crippen molar-refractivity contribution >= 4 is 57.5 Å². The summed E-state index contributed by atoms with van der Waals surface area (Å²) in [5, 5.41) is 17.3.